The van der Waals surface area contributed by atoms with E-state index in [4.69, 9.17) is 8.83 Å². The summed E-state index contributed by atoms with van der Waals surface area (Å²) in [6.45, 7) is 2.61. The normalized spacial score (nSPS) is 24.7. The lowest BCUT2D eigenvalue weighted by Crippen LogP contribution is -2.52. The predicted molar refractivity (Wildman–Crippen MR) is 95.1 cm³/mol. The first-order chi connectivity index (χ1) is 12.7. The van der Waals surface area contributed by atoms with Gasteiger partial charge in [-0.15, -0.1) is 0 Å². The number of hydrogen-bond acceptors (Lipinski definition) is 6. The number of amides is 1. The Balaban J connectivity index is 1.61. The molecule has 2 aliphatic heterocycles. The molecule has 3 aromatic rings. The van der Waals surface area contributed by atoms with Gasteiger partial charge in [-0.05, 0) is 25.0 Å². The third-order valence-corrected chi connectivity index (χ3v) is 5.24. The van der Waals surface area contributed by atoms with Crippen LogP contribution in [-0.4, -0.2) is 40.8 Å². The highest BCUT2D eigenvalue weighted by atomic mass is 16.4. The van der Waals surface area contributed by atoms with Crippen LogP contribution >= 0.6 is 0 Å². The van der Waals surface area contributed by atoms with E-state index in [0.717, 1.165) is 28.7 Å². The average molecular weight is 350 g/mol. The molecule has 1 amide bonds. The van der Waals surface area contributed by atoms with Crippen LogP contribution in [0.15, 0.2) is 50.7 Å². The Morgan fingerprint density at radius 1 is 1.38 bits per heavy atom. The summed E-state index contributed by atoms with van der Waals surface area (Å²) >= 11 is 0. The predicted octanol–water partition coefficient (Wildman–Crippen LogP) is 2.69. The van der Waals surface area contributed by atoms with Gasteiger partial charge in [-0.2, -0.15) is 0 Å². The number of carbonyl (C=O) groups is 1. The number of aliphatic imine (C=N–C) groups is 1. The molecule has 0 saturated carbocycles. The van der Waals surface area contributed by atoms with Crippen molar-refractivity contribution in [3.8, 4) is 0 Å². The molecule has 26 heavy (non-hydrogen) atoms. The molecule has 1 N–H and O–H groups in total. The first-order valence-corrected chi connectivity index (χ1v) is 8.68. The lowest BCUT2D eigenvalue weighted by molar-refractivity contribution is 0.0487. The molecule has 7 nitrogen and oxygen atoms in total. The molecule has 0 radical (unpaired) electrons. The van der Waals surface area contributed by atoms with Gasteiger partial charge in [0.05, 0.1) is 24.6 Å². The third-order valence-electron chi connectivity index (χ3n) is 5.24. The molecule has 132 valence electrons. The van der Waals surface area contributed by atoms with Gasteiger partial charge >= 0.3 is 0 Å². The standard InChI is InChI=1S/C19H18N4O3/c1-11-3-2-4-12-7-14(26-18(11)12)17-16-13(21-9-22-16)5-6-23(17)19(24)15-8-20-10-25-15/h2-4,7-10,13,16-17H,5-6H2,1H3,(H,21,22)/t13?,16?,17-/m1/s1. The Bertz CT molecular complexity index is 992. The molecule has 0 aliphatic carbocycles. The Morgan fingerprint density at radius 2 is 2.31 bits per heavy atom. The first kappa shape index (κ1) is 15.2. The monoisotopic (exact) mass is 350 g/mol. The van der Waals surface area contributed by atoms with Gasteiger partial charge in [-0.1, -0.05) is 18.2 Å². The van der Waals surface area contributed by atoms with E-state index in [1.807, 2.05) is 31.2 Å². The molecule has 2 unspecified atom stereocenters. The zero-order valence-corrected chi connectivity index (χ0v) is 14.3. The van der Waals surface area contributed by atoms with Crippen molar-refractivity contribution in [3.05, 3.63) is 53.9 Å². The van der Waals surface area contributed by atoms with Crippen LogP contribution in [-0.2, 0) is 0 Å². The van der Waals surface area contributed by atoms with E-state index in [9.17, 15) is 4.79 Å². The number of furan rings is 1. The summed E-state index contributed by atoms with van der Waals surface area (Å²) in [6, 6.07) is 7.89. The molecule has 0 spiro atoms. The van der Waals surface area contributed by atoms with Crippen molar-refractivity contribution in [2.24, 2.45) is 4.99 Å². The van der Waals surface area contributed by atoms with Gasteiger partial charge in [-0.3, -0.25) is 9.79 Å². The smallest absolute Gasteiger partial charge is 0.291 e. The number of carbonyl (C=O) groups excluding carboxylic acids is 1. The van der Waals surface area contributed by atoms with E-state index in [1.54, 1.807) is 11.2 Å². The van der Waals surface area contributed by atoms with E-state index in [-0.39, 0.29) is 29.8 Å². The molecule has 7 heteroatoms. The summed E-state index contributed by atoms with van der Waals surface area (Å²) in [4.78, 5) is 23.2. The maximum absolute atomic E-state index is 13.0. The Kier molecular flexibility index (Phi) is 3.34. The Morgan fingerprint density at radius 3 is 3.12 bits per heavy atom. The Labute approximate surface area is 149 Å². The van der Waals surface area contributed by atoms with Gasteiger partial charge in [0.25, 0.3) is 5.91 Å². The number of oxazole rings is 1. The number of fused-ring (bicyclic) bond motifs is 2. The lowest BCUT2D eigenvalue weighted by atomic mass is 9.90. The maximum atomic E-state index is 13.0. The number of aryl methyl sites for hydroxylation is 1. The molecule has 1 aromatic carbocycles. The maximum Gasteiger partial charge on any atom is 0.291 e. The van der Waals surface area contributed by atoms with E-state index in [1.165, 1.54) is 12.6 Å². The molecule has 1 saturated heterocycles. The van der Waals surface area contributed by atoms with E-state index in [2.05, 4.69) is 15.3 Å². The summed E-state index contributed by atoms with van der Waals surface area (Å²) in [5, 5.41) is 4.32. The zero-order chi connectivity index (χ0) is 17.7. The minimum atomic E-state index is -0.288. The second kappa shape index (κ2) is 5.72. The number of piperidine rings is 1. The SMILES string of the molecule is Cc1cccc2cc([C@@H]3C4N=CNC4CCN3C(=O)c3cnco3)oc12. The number of hydrogen-bond donors (Lipinski definition) is 1. The van der Waals surface area contributed by atoms with E-state index >= 15 is 0 Å². The van der Waals surface area contributed by atoms with Gasteiger partial charge in [0, 0.05) is 11.9 Å². The number of likely N-dealkylation sites (tertiary alicyclic amines) is 1. The highest BCUT2D eigenvalue weighted by Crippen LogP contribution is 2.38. The molecular formula is C19H18N4O3. The number of para-hydroxylation sites is 1. The highest BCUT2D eigenvalue weighted by Gasteiger charge is 2.45. The number of rotatable bonds is 2. The highest BCUT2D eigenvalue weighted by molar-refractivity contribution is 5.92. The molecule has 0 bridgehead atoms. The van der Waals surface area contributed by atoms with Crippen molar-refractivity contribution in [3.63, 3.8) is 0 Å². The van der Waals surface area contributed by atoms with Crippen LogP contribution in [0.25, 0.3) is 11.0 Å². The van der Waals surface area contributed by atoms with Crippen molar-refractivity contribution >= 4 is 23.2 Å². The van der Waals surface area contributed by atoms with Gasteiger partial charge < -0.3 is 19.1 Å². The fourth-order valence-electron chi connectivity index (χ4n) is 3.97. The molecule has 4 heterocycles. The fraction of sp³-hybridized carbons (Fsp3) is 0.316. The molecule has 3 atom stereocenters. The molecule has 1 fully saturated rings. The van der Waals surface area contributed by atoms with Gasteiger partial charge in [0.1, 0.15) is 17.4 Å². The van der Waals surface area contributed by atoms with Crippen LogP contribution in [0, 0.1) is 6.92 Å². The van der Waals surface area contributed by atoms with Crippen molar-refractivity contribution in [1.82, 2.24) is 15.2 Å². The van der Waals surface area contributed by atoms with Crippen molar-refractivity contribution in [2.45, 2.75) is 31.5 Å². The summed E-state index contributed by atoms with van der Waals surface area (Å²) in [7, 11) is 0. The van der Waals surface area contributed by atoms with Crippen molar-refractivity contribution < 1.29 is 13.6 Å². The largest absolute Gasteiger partial charge is 0.459 e. The van der Waals surface area contributed by atoms with Crippen LogP contribution in [0.3, 0.4) is 0 Å². The van der Waals surface area contributed by atoms with Crippen LogP contribution in [0.1, 0.15) is 34.3 Å². The molecule has 5 rings (SSSR count). The number of nitrogens with zero attached hydrogens (tertiary/aromatic N) is 3. The average Bonchev–Trinajstić information content (AvgIpc) is 3.39. The molecular weight excluding hydrogens is 332 g/mol. The van der Waals surface area contributed by atoms with E-state index < -0.39 is 0 Å². The van der Waals surface area contributed by atoms with E-state index in [0.29, 0.717) is 6.54 Å². The van der Waals surface area contributed by atoms with Crippen LogP contribution in [0.5, 0.6) is 0 Å². The summed E-state index contributed by atoms with van der Waals surface area (Å²) in [5.41, 5.74) is 1.92. The van der Waals surface area contributed by atoms with Crippen LogP contribution < -0.4 is 5.32 Å². The topological polar surface area (TPSA) is 83.9 Å². The number of benzene rings is 1. The van der Waals surface area contributed by atoms with Crippen molar-refractivity contribution in [1.29, 1.82) is 0 Å². The van der Waals surface area contributed by atoms with Gasteiger partial charge in [0.2, 0.25) is 5.76 Å². The summed E-state index contributed by atoms with van der Waals surface area (Å²) in [5.74, 6) is 0.790. The van der Waals surface area contributed by atoms with Crippen LogP contribution in [0.2, 0.25) is 0 Å². The minimum absolute atomic E-state index is 0.0866. The van der Waals surface area contributed by atoms with Crippen LogP contribution in [0.4, 0.5) is 0 Å². The second-order valence-electron chi connectivity index (χ2n) is 6.78. The summed E-state index contributed by atoms with van der Waals surface area (Å²) in [6.07, 6.45) is 5.28. The minimum Gasteiger partial charge on any atom is -0.459 e. The lowest BCUT2D eigenvalue weighted by Gasteiger charge is -2.40. The first-order valence-electron chi connectivity index (χ1n) is 8.68. The van der Waals surface area contributed by atoms with Crippen molar-refractivity contribution in [2.75, 3.05) is 6.54 Å². The summed E-state index contributed by atoms with van der Waals surface area (Å²) < 4.78 is 11.4. The number of nitrogens with one attached hydrogen (secondary N) is 1. The van der Waals surface area contributed by atoms with Gasteiger partial charge in [-0.25, -0.2) is 4.98 Å². The molecule has 2 aliphatic rings. The second-order valence-corrected chi connectivity index (χ2v) is 6.78. The molecule has 2 aromatic heterocycles. The quantitative estimate of drug-likeness (QED) is 0.768. The van der Waals surface area contributed by atoms with Gasteiger partial charge in [0.15, 0.2) is 6.39 Å². The zero-order valence-electron chi connectivity index (χ0n) is 14.3. The fourth-order valence-corrected chi connectivity index (χ4v) is 3.97. The number of aromatic nitrogens is 1. The Hall–Kier alpha value is -3.09. The third kappa shape index (κ3) is 2.23.